The lowest BCUT2D eigenvalue weighted by molar-refractivity contribution is -0.115. The van der Waals surface area contributed by atoms with E-state index in [0.717, 1.165) is 16.9 Å². The maximum atomic E-state index is 11.9. The molecule has 19 heavy (non-hydrogen) atoms. The second-order valence-corrected chi connectivity index (χ2v) is 4.26. The molecule has 1 aromatic carbocycles. The summed E-state index contributed by atoms with van der Waals surface area (Å²) in [6, 6.07) is 11.2. The molecule has 1 heterocycles. The number of carbonyl (C=O) groups excluding carboxylic acids is 1. The zero-order valence-corrected chi connectivity index (χ0v) is 11.0. The van der Waals surface area contributed by atoms with Crippen LogP contribution in [0.25, 0.3) is 0 Å². The van der Waals surface area contributed by atoms with Crippen LogP contribution in [0.2, 0.25) is 0 Å². The van der Waals surface area contributed by atoms with E-state index >= 15 is 0 Å². The van der Waals surface area contributed by atoms with E-state index in [1.54, 1.807) is 19.4 Å². The lowest BCUT2D eigenvalue weighted by Crippen LogP contribution is -2.15. The number of hydrogen-bond donors (Lipinski definition) is 1. The number of nitrogens with zero attached hydrogens (tertiary/aromatic N) is 1. The molecule has 2 aromatic rings. The summed E-state index contributed by atoms with van der Waals surface area (Å²) >= 11 is 0. The lowest BCUT2D eigenvalue weighted by Gasteiger charge is -2.08. The van der Waals surface area contributed by atoms with E-state index in [1.165, 1.54) is 0 Å². The van der Waals surface area contributed by atoms with Crippen molar-refractivity contribution in [1.29, 1.82) is 0 Å². The van der Waals surface area contributed by atoms with Crippen molar-refractivity contribution < 1.29 is 9.53 Å². The molecule has 0 saturated carbocycles. The summed E-state index contributed by atoms with van der Waals surface area (Å²) in [5, 5.41) is 2.76. The maximum Gasteiger partial charge on any atom is 0.230 e. The zero-order valence-electron chi connectivity index (χ0n) is 11.0. The first-order chi connectivity index (χ1) is 9.19. The minimum Gasteiger partial charge on any atom is -0.496 e. The number of anilines is 1. The molecule has 4 heteroatoms. The third-order valence-electron chi connectivity index (χ3n) is 2.72. The fourth-order valence-corrected chi connectivity index (χ4v) is 1.75. The lowest BCUT2D eigenvalue weighted by atomic mass is 10.1. The average Bonchev–Trinajstić information content (AvgIpc) is 2.42. The highest BCUT2D eigenvalue weighted by Gasteiger charge is 2.08. The highest BCUT2D eigenvalue weighted by atomic mass is 16.5. The molecule has 0 unspecified atom stereocenters. The molecular formula is C15H16N2O2. The van der Waals surface area contributed by atoms with E-state index in [4.69, 9.17) is 4.74 Å². The van der Waals surface area contributed by atoms with Crippen molar-refractivity contribution in [2.75, 3.05) is 12.4 Å². The van der Waals surface area contributed by atoms with E-state index in [2.05, 4.69) is 10.3 Å². The summed E-state index contributed by atoms with van der Waals surface area (Å²) in [5.74, 6) is 1.17. The van der Waals surface area contributed by atoms with Crippen LogP contribution < -0.4 is 10.1 Å². The van der Waals surface area contributed by atoms with Crippen molar-refractivity contribution >= 4 is 11.7 Å². The number of hydrogen-bond acceptors (Lipinski definition) is 3. The Balaban J connectivity index is 2.03. The highest BCUT2D eigenvalue weighted by Crippen LogP contribution is 2.18. The largest absolute Gasteiger partial charge is 0.496 e. The summed E-state index contributed by atoms with van der Waals surface area (Å²) < 4.78 is 5.22. The SMILES string of the molecule is COc1ccccc1CC(=O)Nc1ccc(C)cn1. The van der Waals surface area contributed by atoms with E-state index < -0.39 is 0 Å². The Kier molecular flexibility index (Phi) is 4.13. The van der Waals surface area contributed by atoms with Gasteiger partial charge < -0.3 is 10.1 Å². The van der Waals surface area contributed by atoms with Gasteiger partial charge in [0.15, 0.2) is 0 Å². The number of ether oxygens (including phenoxy) is 1. The number of nitrogens with one attached hydrogen (secondary N) is 1. The summed E-state index contributed by atoms with van der Waals surface area (Å²) in [6.07, 6.45) is 1.98. The van der Waals surface area contributed by atoms with E-state index in [0.29, 0.717) is 5.82 Å². The van der Waals surface area contributed by atoms with E-state index in [1.807, 2.05) is 37.3 Å². The van der Waals surface area contributed by atoms with Crippen LogP contribution in [-0.2, 0) is 11.2 Å². The van der Waals surface area contributed by atoms with Gasteiger partial charge in [-0.05, 0) is 24.6 Å². The smallest absolute Gasteiger partial charge is 0.230 e. The van der Waals surface area contributed by atoms with E-state index in [-0.39, 0.29) is 12.3 Å². The molecule has 1 N–H and O–H groups in total. The minimum absolute atomic E-state index is 0.110. The van der Waals surface area contributed by atoms with Crippen LogP contribution >= 0.6 is 0 Å². The third-order valence-corrected chi connectivity index (χ3v) is 2.72. The fourth-order valence-electron chi connectivity index (χ4n) is 1.75. The number of aromatic nitrogens is 1. The minimum atomic E-state index is -0.110. The standard InChI is InChI=1S/C15H16N2O2/c1-11-7-8-14(16-10-11)17-15(18)9-12-5-3-4-6-13(12)19-2/h3-8,10H,9H2,1-2H3,(H,16,17,18). The van der Waals surface area contributed by atoms with Crippen LogP contribution in [0, 0.1) is 6.92 Å². The molecule has 1 aromatic heterocycles. The first kappa shape index (κ1) is 13.1. The second kappa shape index (κ2) is 6.00. The van der Waals surface area contributed by atoms with Crippen LogP contribution in [0.1, 0.15) is 11.1 Å². The molecule has 0 saturated heterocycles. The van der Waals surface area contributed by atoms with Gasteiger partial charge in [0, 0.05) is 11.8 Å². The Morgan fingerprint density at radius 1 is 1.26 bits per heavy atom. The first-order valence-corrected chi connectivity index (χ1v) is 6.03. The average molecular weight is 256 g/mol. The molecule has 98 valence electrons. The quantitative estimate of drug-likeness (QED) is 0.914. The number of amides is 1. The molecular weight excluding hydrogens is 240 g/mol. The van der Waals surface area contributed by atoms with Gasteiger partial charge in [0.1, 0.15) is 11.6 Å². The van der Waals surface area contributed by atoms with Crippen molar-refractivity contribution in [3.05, 3.63) is 53.7 Å². The van der Waals surface area contributed by atoms with Gasteiger partial charge in [-0.15, -0.1) is 0 Å². The van der Waals surface area contributed by atoms with Crippen molar-refractivity contribution in [1.82, 2.24) is 4.98 Å². The normalized spacial score (nSPS) is 10.0. The molecule has 0 aliphatic carbocycles. The van der Waals surface area contributed by atoms with Crippen molar-refractivity contribution in [3.8, 4) is 5.75 Å². The first-order valence-electron chi connectivity index (χ1n) is 6.03. The molecule has 0 atom stereocenters. The molecule has 1 amide bonds. The van der Waals surface area contributed by atoms with Gasteiger partial charge in [-0.2, -0.15) is 0 Å². The van der Waals surface area contributed by atoms with Crippen LogP contribution in [0.5, 0.6) is 5.75 Å². The molecule has 0 spiro atoms. The number of aryl methyl sites for hydroxylation is 1. The second-order valence-electron chi connectivity index (χ2n) is 4.26. The van der Waals surface area contributed by atoms with Gasteiger partial charge in [0.05, 0.1) is 13.5 Å². The summed E-state index contributed by atoms with van der Waals surface area (Å²) in [6.45, 7) is 1.95. The van der Waals surface area contributed by atoms with Gasteiger partial charge in [-0.3, -0.25) is 4.79 Å². The molecule has 0 fully saturated rings. The van der Waals surface area contributed by atoms with Crippen LogP contribution in [0.4, 0.5) is 5.82 Å². The summed E-state index contributed by atoms with van der Waals surface area (Å²) in [7, 11) is 1.60. The number of pyridine rings is 1. The predicted molar refractivity (Wildman–Crippen MR) is 74.3 cm³/mol. The Labute approximate surface area is 112 Å². The number of methoxy groups -OCH3 is 1. The summed E-state index contributed by atoms with van der Waals surface area (Å²) in [5.41, 5.74) is 1.91. The van der Waals surface area contributed by atoms with Gasteiger partial charge in [-0.25, -0.2) is 4.98 Å². The predicted octanol–water partition coefficient (Wildman–Crippen LogP) is 2.58. The Morgan fingerprint density at radius 3 is 2.74 bits per heavy atom. The topological polar surface area (TPSA) is 51.2 Å². The monoisotopic (exact) mass is 256 g/mol. The van der Waals surface area contributed by atoms with Gasteiger partial charge in [-0.1, -0.05) is 24.3 Å². The molecule has 0 aliphatic rings. The molecule has 0 bridgehead atoms. The van der Waals surface area contributed by atoms with Gasteiger partial charge in [0.25, 0.3) is 0 Å². The Hall–Kier alpha value is -2.36. The maximum absolute atomic E-state index is 11.9. The van der Waals surface area contributed by atoms with Gasteiger partial charge in [0.2, 0.25) is 5.91 Å². The van der Waals surface area contributed by atoms with Crippen LogP contribution in [0.3, 0.4) is 0 Å². The zero-order chi connectivity index (χ0) is 13.7. The molecule has 0 radical (unpaired) electrons. The van der Waals surface area contributed by atoms with Crippen molar-refractivity contribution in [3.63, 3.8) is 0 Å². The van der Waals surface area contributed by atoms with E-state index in [9.17, 15) is 4.79 Å². The number of benzene rings is 1. The number of carbonyl (C=O) groups is 1. The van der Waals surface area contributed by atoms with Crippen LogP contribution in [-0.4, -0.2) is 18.0 Å². The molecule has 0 aliphatic heterocycles. The fraction of sp³-hybridized carbons (Fsp3) is 0.200. The Bertz CT molecular complexity index is 565. The van der Waals surface area contributed by atoms with Gasteiger partial charge >= 0.3 is 0 Å². The summed E-state index contributed by atoms with van der Waals surface area (Å²) in [4.78, 5) is 16.1. The van der Waals surface area contributed by atoms with Crippen molar-refractivity contribution in [2.45, 2.75) is 13.3 Å². The highest BCUT2D eigenvalue weighted by molar-refractivity contribution is 5.91. The molecule has 4 nitrogen and oxygen atoms in total. The number of rotatable bonds is 4. The van der Waals surface area contributed by atoms with Crippen LogP contribution in [0.15, 0.2) is 42.6 Å². The molecule has 2 rings (SSSR count). The Morgan fingerprint density at radius 2 is 2.05 bits per heavy atom. The van der Waals surface area contributed by atoms with Crippen molar-refractivity contribution in [2.24, 2.45) is 0 Å². The third kappa shape index (κ3) is 3.55. The number of para-hydroxylation sites is 1.